The quantitative estimate of drug-likeness (QED) is 0.605. The summed E-state index contributed by atoms with van der Waals surface area (Å²) in [5.41, 5.74) is 1.68. The average molecular weight is 442 g/mol. The number of rotatable bonds is 6. The molecular formula is C26H22N2O5. The van der Waals surface area contributed by atoms with Crippen LogP contribution in [-0.2, 0) is 11.2 Å². The number of aromatic amines is 1. The zero-order chi connectivity index (χ0) is 22.9. The van der Waals surface area contributed by atoms with Gasteiger partial charge in [-0.3, -0.25) is 9.59 Å². The summed E-state index contributed by atoms with van der Waals surface area (Å²) in [6, 6.07) is 9.29. The van der Waals surface area contributed by atoms with Crippen molar-refractivity contribution in [3.63, 3.8) is 0 Å². The van der Waals surface area contributed by atoms with Gasteiger partial charge in [0.05, 0.1) is 0 Å². The van der Waals surface area contributed by atoms with Crippen LogP contribution >= 0.6 is 0 Å². The molecule has 0 spiro atoms. The first-order valence-corrected chi connectivity index (χ1v) is 10.8. The van der Waals surface area contributed by atoms with Gasteiger partial charge in [-0.25, -0.2) is 4.79 Å². The summed E-state index contributed by atoms with van der Waals surface area (Å²) < 4.78 is 5.59. The van der Waals surface area contributed by atoms with E-state index in [9.17, 15) is 19.5 Å². The third-order valence-corrected chi connectivity index (χ3v) is 6.15. The number of nitrogens with zero attached hydrogens (tertiary/aromatic N) is 1. The van der Waals surface area contributed by atoms with Crippen molar-refractivity contribution in [2.24, 2.45) is 5.92 Å². The maximum absolute atomic E-state index is 13.2. The zero-order valence-electron chi connectivity index (χ0n) is 17.7. The number of aromatic nitrogens is 1. The molecule has 5 rings (SSSR count). The van der Waals surface area contributed by atoms with Gasteiger partial charge in [-0.2, -0.15) is 0 Å². The molecule has 166 valence electrons. The van der Waals surface area contributed by atoms with Crippen LogP contribution in [0.5, 0.6) is 0 Å². The summed E-state index contributed by atoms with van der Waals surface area (Å²) >= 11 is 0. The van der Waals surface area contributed by atoms with Crippen molar-refractivity contribution in [3.05, 3.63) is 99.8 Å². The Morgan fingerprint density at radius 1 is 1.12 bits per heavy atom. The van der Waals surface area contributed by atoms with Crippen molar-refractivity contribution in [1.29, 1.82) is 0 Å². The van der Waals surface area contributed by atoms with E-state index in [1.54, 1.807) is 0 Å². The monoisotopic (exact) mass is 442 g/mol. The summed E-state index contributed by atoms with van der Waals surface area (Å²) in [6.07, 6.45) is 14.0. The number of amides is 1. The van der Waals surface area contributed by atoms with Gasteiger partial charge in [-0.15, -0.1) is 0 Å². The maximum Gasteiger partial charge on any atom is 0.348 e. The number of fused-ring (bicyclic) bond motifs is 4. The second-order valence-corrected chi connectivity index (χ2v) is 8.23. The molecule has 0 saturated heterocycles. The standard InChI is InChI=1S/C26H22N2O5/c29-23(30)15-28(12-11-18-14-27-22-8-4-3-6-19(18)22)25(31)21-13-17-10-9-16-5-1-2-7-20(16)24(17)33-26(21)32/h1-10,13-14,16,20,27H,11-12,15H2,(H,29,30). The van der Waals surface area contributed by atoms with Crippen LogP contribution in [-0.4, -0.2) is 40.0 Å². The van der Waals surface area contributed by atoms with Crippen LogP contribution in [0.3, 0.4) is 0 Å². The average Bonchev–Trinajstić information content (AvgIpc) is 3.24. The van der Waals surface area contributed by atoms with E-state index in [2.05, 4.69) is 4.98 Å². The fraction of sp³-hybridized carbons (Fsp3) is 0.192. The van der Waals surface area contributed by atoms with Crippen LogP contribution in [0.15, 0.2) is 76.1 Å². The highest BCUT2D eigenvalue weighted by Gasteiger charge is 2.30. The lowest BCUT2D eigenvalue weighted by Gasteiger charge is -2.26. The van der Waals surface area contributed by atoms with Crippen LogP contribution in [0.1, 0.15) is 33.2 Å². The predicted octanol–water partition coefficient (Wildman–Crippen LogP) is 3.74. The Labute approximate surface area is 189 Å². The summed E-state index contributed by atoms with van der Waals surface area (Å²) in [7, 11) is 0. The van der Waals surface area contributed by atoms with E-state index in [4.69, 9.17) is 4.42 Å². The molecule has 1 amide bonds. The lowest BCUT2D eigenvalue weighted by molar-refractivity contribution is -0.137. The van der Waals surface area contributed by atoms with Crippen molar-refractivity contribution in [2.75, 3.05) is 13.1 Å². The summed E-state index contributed by atoms with van der Waals surface area (Å²) in [5.74, 6) is -1.26. The summed E-state index contributed by atoms with van der Waals surface area (Å²) in [6.45, 7) is -0.358. The van der Waals surface area contributed by atoms with E-state index in [1.807, 2.05) is 66.9 Å². The molecule has 0 bridgehead atoms. The highest BCUT2D eigenvalue weighted by atomic mass is 16.4. The number of nitrogens with one attached hydrogen (secondary N) is 1. The number of aliphatic carboxylic acids is 1. The second kappa shape index (κ2) is 8.43. The topological polar surface area (TPSA) is 104 Å². The smallest absolute Gasteiger partial charge is 0.348 e. The van der Waals surface area contributed by atoms with E-state index in [-0.39, 0.29) is 23.9 Å². The van der Waals surface area contributed by atoms with Gasteiger partial charge < -0.3 is 19.4 Å². The predicted molar refractivity (Wildman–Crippen MR) is 124 cm³/mol. The number of carbonyl (C=O) groups is 2. The molecule has 3 aromatic rings. The first kappa shape index (κ1) is 20.8. The molecule has 0 aliphatic heterocycles. The maximum atomic E-state index is 13.2. The SMILES string of the molecule is O=C(O)CN(CCc1c[nH]c2ccccc12)C(=O)c1cc2c(oc1=O)C1C=CC=CC1C=C2. The minimum absolute atomic E-state index is 0.0937. The zero-order valence-corrected chi connectivity index (χ0v) is 17.7. The Kier molecular flexibility index (Phi) is 5.30. The minimum Gasteiger partial charge on any atom is -0.480 e. The van der Waals surface area contributed by atoms with Gasteiger partial charge >= 0.3 is 11.6 Å². The second-order valence-electron chi connectivity index (χ2n) is 8.23. The van der Waals surface area contributed by atoms with E-state index < -0.39 is 24.0 Å². The minimum atomic E-state index is -1.15. The molecule has 0 fully saturated rings. The van der Waals surface area contributed by atoms with Crippen LogP contribution in [0.2, 0.25) is 0 Å². The van der Waals surface area contributed by atoms with Crippen molar-refractivity contribution >= 4 is 28.9 Å². The number of H-pyrrole nitrogens is 1. The Hall–Kier alpha value is -4.13. The molecule has 0 radical (unpaired) electrons. The van der Waals surface area contributed by atoms with E-state index in [0.29, 0.717) is 17.7 Å². The lowest BCUT2D eigenvalue weighted by Crippen LogP contribution is -2.39. The molecule has 2 atom stereocenters. The molecule has 2 aromatic heterocycles. The first-order chi connectivity index (χ1) is 16.0. The van der Waals surface area contributed by atoms with Crippen LogP contribution in [0, 0.1) is 5.92 Å². The number of para-hydroxylation sites is 1. The van der Waals surface area contributed by atoms with Gasteiger partial charge in [0, 0.05) is 41.0 Å². The molecule has 33 heavy (non-hydrogen) atoms. The molecule has 2 N–H and O–H groups in total. The van der Waals surface area contributed by atoms with Gasteiger partial charge in [0.25, 0.3) is 5.91 Å². The number of carboxylic acids is 1. The number of carbonyl (C=O) groups excluding carboxylic acids is 1. The van der Waals surface area contributed by atoms with Crippen molar-refractivity contribution < 1.29 is 19.1 Å². The van der Waals surface area contributed by atoms with Crippen LogP contribution < -0.4 is 5.63 Å². The van der Waals surface area contributed by atoms with Gasteiger partial charge in [0.2, 0.25) is 0 Å². The van der Waals surface area contributed by atoms with E-state index in [1.165, 1.54) is 11.0 Å². The molecule has 2 heterocycles. The Bertz CT molecular complexity index is 1390. The normalized spacial score (nSPS) is 18.2. The largest absolute Gasteiger partial charge is 0.480 e. The number of hydrogen-bond acceptors (Lipinski definition) is 4. The molecule has 7 nitrogen and oxygen atoms in total. The van der Waals surface area contributed by atoms with Gasteiger partial charge in [0.1, 0.15) is 17.9 Å². The Morgan fingerprint density at radius 3 is 2.79 bits per heavy atom. The molecule has 7 heteroatoms. The van der Waals surface area contributed by atoms with E-state index in [0.717, 1.165) is 16.5 Å². The van der Waals surface area contributed by atoms with Crippen LogP contribution in [0.4, 0.5) is 0 Å². The number of carboxylic acid groups (broad SMARTS) is 1. The molecule has 2 unspecified atom stereocenters. The number of benzene rings is 1. The fourth-order valence-corrected chi connectivity index (χ4v) is 4.50. The highest BCUT2D eigenvalue weighted by Crippen LogP contribution is 2.37. The first-order valence-electron chi connectivity index (χ1n) is 10.8. The molecule has 2 aliphatic carbocycles. The number of hydrogen-bond donors (Lipinski definition) is 2. The third-order valence-electron chi connectivity index (χ3n) is 6.15. The fourth-order valence-electron chi connectivity index (χ4n) is 4.50. The third kappa shape index (κ3) is 3.93. The van der Waals surface area contributed by atoms with Crippen LogP contribution in [0.25, 0.3) is 17.0 Å². The van der Waals surface area contributed by atoms with Gasteiger partial charge in [0.15, 0.2) is 0 Å². The highest BCUT2D eigenvalue weighted by molar-refractivity contribution is 5.96. The summed E-state index contributed by atoms with van der Waals surface area (Å²) in [4.78, 5) is 41.8. The molecular weight excluding hydrogens is 420 g/mol. The van der Waals surface area contributed by atoms with Gasteiger partial charge in [-0.1, -0.05) is 54.7 Å². The van der Waals surface area contributed by atoms with Crippen molar-refractivity contribution in [2.45, 2.75) is 12.3 Å². The lowest BCUT2D eigenvalue weighted by atomic mass is 9.80. The van der Waals surface area contributed by atoms with Gasteiger partial charge in [-0.05, 0) is 24.1 Å². The molecule has 1 aromatic carbocycles. The molecule has 0 saturated carbocycles. The van der Waals surface area contributed by atoms with Crippen molar-refractivity contribution in [3.8, 4) is 0 Å². The summed E-state index contributed by atoms with van der Waals surface area (Å²) in [5, 5.41) is 10.4. The Balaban J connectivity index is 1.42. The Morgan fingerprint density at radius 2 is 1.94 bits per heavy atom. The molecule has 2 aliphatic rings. The number of allylic oxidation sites excluding steroid dienone is 5. The van der Waals surface area contributed by atoms with Crippen molar-refractivity contribution in [1.82, 2.24) is 9.88 Å². The van der Waals surface area contributed by atoms with E-state index >= 15 is 0 Å².